The zero-order valence-corrected chi connectivity index (χ0v) is 9.30. The average molecular weight is 189 g/mol. The van der Waals surface area contributed by atoms with Crippen LogP contribution in [0.1, 0.15) is 50.7 Å². The first-order valence-electron chi connectivity index (χ1n) is 5.45. The third kappa shape index (κ3) is 1.23. The van der Waals surface area contributed by atoms with E-state index in [4.69, 9.17) is 5.73 Å². The molecule has 76 valence electrons. The molecule has 1 aromatic rings. The van der Waals surface area contributed by atoms with E-state index in [-0.39, 0.29) is 0 Å². The lowest BCUT2D eigenvalue weighted by Crippen LogP contribution is -2.12. The molecular weight excluding hydrogens is 170 g/mol. The van der Waals surface area contributed by atoms with Crippen LogP contribution in [0.2, 0.25) is 0 Å². The van der Waals surface area contributed by atoms with E-state index in [1.54, 1.807) is 0 Å². The van der Waals surface area contributed by atoms with Crippen LogP contribution in [0, 0.1) is 0 Å². The van der Waals surface area contributed by atoms with Crippen molar-refractivity contribution < 1.29 is 0 Å². The quantitative estimate of drug-likeness (QED) is 0.673. The fraction of sp³-hybridized carbons (Fsp3) is 0.538. The maximum atomic E-state index is 6.06. The van der Waals surface area contributed by atoms with Crippen LogP contribution in [0.25, 0.3) is 0 Å². The van der Waals surface area contributed by atoms with Crippen molar-refractivity contribution in [1.29, 1.82) is 0 Å². The molecule has 0 saturated heterocycles. The van der Waals surface area contributed by atoms with E-state index in [0.29, 0.717) is 11.3 Å². The second-order valence-electron chi connectivity index (χ2n) is 5.00. The summed E-state index contributed by atoms with van der Waals surface area (Å²) in [5.74, 6) is 0.668. The third-order valence-corrected chi connectivity index (χ3v) is 3.53. The SMILES string of the molecule is CCC1CC(C)(C)c2cccc(N)c21. The topological polar surface area (TPSA) is 26.0 Å². The standard InChI is InChI=1S/C13H19N/c1-4-9-8-13(2,3)10-6-5-7-11(14)12(9)10/h5-7,9H,4,8,14H2,1-3H3. The fourth-order valence-corrected chi connectivity index (χ4v) is 2.81. The van der Waals surface area contributed by atoms with Crippen molar-refractivity contribution in [1.82, 2.24) is 0 Å². The van der Waals surface area contributed by atoms with Crippen molar-refractivity contribution in [2.24, 2.45) is 0 Å². The van der Waals surface area contributed by atoms with E-state index in [1.807, 2.05) is 6.07 Å². The molecule has 1 unspecified atom stereocenters. The van der Waals surface area contributed by atoms with Gasteiger partial charge < -0.3 is 5.73 Å². The molecule has 0 aliphatic heterocycles. The summed E-state index contributed by atoms with van der Waals surface area (Å²) in [6, 6.07) is 6.35. The molecule has 1 aliphatic carbocycles. The van der Waals surface area contributed by atoms with Gasteiger partial charge in [-0.25, -0.2) is 0 Å². The smallest absolute Gasteiger partial charge is 0.0352 e. The number of nitrogen functional groups attached to an aromatic ring is 1. The number of rotatable bonds is 1. The Morgan fingerprint density at radius 1 is 1.43 bits per heavy atom. The van der Waals surface area contributed by atoms with Gasteiger partial charge in [0.15, 0.2) is 0 Å². The van der Waals surface area contributed by atoms with Gasteiger partial charge in [0.05, 0.1) is 0 Å². The Balaban J connectivity index is 2.59. The molecule has 1 nitrogen and oxygen atoms in total. The van der Waals surface area contributed by atoms with Crippen molar-refractivity contribution in [2.45, 2.75) is 44.9 Å². The molecule has 1 atom stereocenters. The second kappa shape index (κ2) is 3.01. The number of hydrogen-bond acceptors (Lipinski definition) is 1. The Kier molecular flexibility index (Phi) is 2.06. The van der Waals surface area contributed by atoms with Crippen molar-refractivity contribution >= 4 is 5.69 Å². The molecule has 0 amide bonds. The van der Waals surface area contributed by atoms with Gasteiger partial charge in [-0.1, -0.05) is 32.9 Å². The lowest BCUT2D eigenvalue weighted by atomic mass is 9.86. The van der Waals surface area contributed by atoms with Gasteiger partial charge in [-0.3, -0.25) is 0 Å². The number of nitrogens with two attached hydrogens (primary N) is 1. The highest BCUT2D eigenvalue weighted by molar-refractivity contribution is 5.57. The summed E-state index contributed by atoms with van der Waals surface area (Å²) in [5, 5.41) is 0. The first kappa shape index (κ1) is 9.57. The van der Waals surface area contributed by atoms with Gasteiger partial charge in [0, 0.05) is 5.69 Å². The monoisotopic (exact) mass is 189 g/mol. The van der Waals surface area contributed by atoms with E-state index < -0.39 is 0 Å². The number of fused-ring (bicyclic) bond motifs is 1. The zero-order valence-electron chi connectivity index (χ0n) is 9.30. The van der Waals surface area contributed by atoms with Crippen LogP contribution in [-0.2, 0) is 5.41 Å². The Morgan fingerprint density at radius 3 is 2.79 bits per heavy atom. The van der Waals surface area contributed by atoms with Gasteiger partial charge in [0.2, 0.25) is 0 Å². The van der Waals surface area contributed by atoms with Crippen molar-refractivity contribution in [2.75, 3.05) is 5.73 Å². The van der Waals surface area contributed by atoms with Crippen LogP contribution in [0.4, 0.5) is 5.69 Å². The predicted octanol–water partition coefficient (Wildman–Crippen LogP) is 3.44. The normalized spacial score (nSPS) is 23.5. The maximum Gasteiger partial charge on any atom is 0.0352 e. The average Bonchev–Trinajstić information content (AvgIpc) is 2.40. The van der Waals surface area contributed by atoms with Gasteiger partial charge in [-0.2, -0.15) is 0 Å². The summed E-state index contributed by atoms with van der Waals surface area (Å²) in [6.07, 6.45) is 2.44. The lowest BCUT2D eigenvalue weighted by molar-refractivity contribution is 0.469. The number of benzene rings is 1. The van der Waals surface area contributed by atoms with Crippen LogP contribution < -0.4 is 5.73 Å². The minimum absolute atomic E-state index is 0.311. The minimum Gasteiger partial charge on any atom is -0.398 e. The molecule has 0 fully saturated rings. The van der Waals surface area contributed by atoms with Crippen molar-refractivity contribution in [3.05, 3.63) is 29.3 Å². The molecule has 0 bridgehead atoms. The summed E-state index contributed by atoms with van der Waals surface area (Å²) in [6.45, 7) is 6.89. The van der Waals surface area contributed by atoms with Crippen LogP contribution >= 0.6 is 0 Å². The van der Waals surface area contributed by atoms with Crippen molar-refractivity contribution in [3.63, 3.8) is 0 Å². The molecule has 2 rings (SSSR count). The molecular formula is C13H19N. The van der Waals surface area contributed by atoms with Crippen LogP contribution in [0.3, 0.4) is 0 Å². The Labute approximate surface area is 86.3 Å². The molecule has 0 saturated carbocycles. The van der Waals surface area contributed by atoms with Crippen molar-refractivity contribution in [3.8, 4) is 0 Å². The predicted molar refractivity (Wildman–Crippen MR) is 61.5 cm³/mol. The molecule has 0 radical (unpaired) electrons. The summed E-state index contributed by atoms with van der Waals surface area (Å²) < 4.78 is 0. The summed E-state index contributed by atoms with van der Waals surface area (Å²) in [7, 11) is 0. The highest BCUT2D eigenvalue weighted by atomic mass is 14.6. The maximum absolute atomic E-state index is 6.06. The molecule has 0 spiro atoms. The Bertz CT molecular complexity index is 352. The largest absolute Gasteiger partial charge is 0.398 e. The summed E-state index contributed by atoms with van der Waals surface area (Å²) >= 11 is 0. The molecule has 0 aromatic heterocycles. The highest BCUT2D eigenvalue weighted by Crippen LogP contribution is 2.49. The van der Waals surface area contributed by atoms with Crippen LogP contribution in [-0.4, -0.2) is 0 Å². The minimum atomic E-state index is 0.311. The molecule has 1 aromatic carbocycles. The van der Waals surface area contributed by atoms with Gasteiger partial charge in [0.25, 0.3) is 0 Å². The fourth-order valence-electron chi connectivity index (χ4n) is 2.81. The van der Waals surface area contributed by atoms with Gasteiger partial charge in [0.1, 0.15) is 0 Å². The second-order valence-corrected chi connectivity index (χ2v) is 5.00. The third-order valence-electron chi connectivity index (χ3n) is 3.53. The van der Waals surface area contributed by atoms with Crippen LogP contribution in [0.5, 0.6) is 0 Å². The molecule has 0 heterocycles. The lowest BCUT2D eigenvalue weighted by Gasteiger charge is -2.19. The van der Waals surface area contributed by atoms with E-state index in [1.165, 1.54) is 24.0 Å². The van der Waals surface area contributed by atoms with Gasteiger partial charge >= 0.3 is 0 Å². The molecule has 2 N–H and O–H groups in total. The highest BCUT2D eigenvalue weighted by Gasteiger charge is 2.36. The molecule has 14 heavy (non-hydrogen) atoms. The van der Waals surface area contributed by atoms with E-state index in [0.717, 1.165) is 5.69 Å². The number of hydrogen-bond donors (Lipinski definition) is 1. The van der Waals surface area contributed by atoms with Crippen LogP contribution in [0.15, 0.2) is 18.2 Å². The van der Waals surface area contributed by atoms with Gasteiger partial charge in [-0.05, 0) is 41.4 Å². The number of anilines is 1. The summed E-state index contributed by atoms with van der Waals surface area (Å²) in [5.41, 5.74) is 10.2. The summed E-state index contributed by atoms with van der Waals surface area (Å²) in [4.78, 5) is 0. The molecule has 1 aliphatic rings. The Hall–Kier alpha value is -0.980. The van der Waals surface area contributed by atoms with E-state index in [2.05, 4.69) is 32.9 Å². The van der Waals surface area contributed by atoms with Gasteiger partial charge in [-0.15, -0.1) is 0 Å². The first-order valence-corrected chi connectivity index (χ1v) is 5.45. The molecule has 1 heteroatoms. The van der Waals surface area contributed by atoms with E-state index in [9.17, 15) is 0 Å². The van der Waals surface area contributed by atoms with E-state index >= 15 is 0 Å². The first-order chi connectivity index (χ1) is 6.56. The Morgan fingerprint density at radius 2 is 2.14 bits per heavy atom. The zero-order chi connectivity index (χ0) is 10.3.